The second kappa shape index (κ2) is 5.96. The van der Waals surface area contributed by atoms with Gasteiger partial charge in [-0.1, -0.05) is 6.07 Å². The average Bonchev–Trinajstić information content (AvgIpc) is 2.45. The van der Waals surface area contributed by atoms with E-state index in [1.54, 1.807) is 4.90 Å². The Morgan fingerprint density at radius 3 is 2.48 bits per heavy atom. The van der Waals surface area contributed by atoms with Crippen molar-refractivity contribution in [2.45, 2.75) is 17.7 Å². The first-order chi connectivity index (χ1) is 9.84. The van der Waals surface area contributed by atoms with Gasteiger partial charge in [0, 0.05) is 19.7 Å². The SMILES string of the molecule is NS(=O)(=O)c1cccc(N2CCC(CO)CC2)c1[N+](=O)[O-]. The van der Waals surface area contributed by atoms with Gasteiger partial charge in [0.2, 0.25) is 10.0 Å². The van der Waals surface area contributed by atoms with Crippen LogP contribution in [0.15, 0.2) is 23.1 Å². The van der Waals surface area contributed by atoms with E-state index >= 15 is 0 Å². The number of hydrogen-bond donors (Lipinski definition) is 2. The molecule has 0 bridgehead atoms. The third-order valence-corrected chi connectivity index (χ3v) is 4.62. The maximum absolute atomic E-state index is 11.5. The zero-order valence-electron chi connectivity index (χ0n) is 11.3. The third-order valence-electron chi connectivity index (χ3n) is 3.68. The number of nitro groups is 1. The second-order valence-corrected chi connectivity index (χ2v) is 6.57. The number of nitrogens with two attached hydrogens (primary N) is 1. The molecular formula is C12H17N3O5S. The molecule has 2 rings (SSSR count). The number of anilines is 1. The Hall–Kier alpha value is -1.71. The van der Waals surface area contributed by atoms with Crippen LogP contribution in [0.2, 0.25) is 0 Å². The highest BCUT2D eigenvalue weighted by Crippen LogP contribution is 2.35. The Morgan fingerprint density at radius 2 is 2.00 bits per heavy atom. The summed E-state index contributed by atoms with van der Waals surface area (Å²) < 4.78 is 23.0. The normalized spacial score (nSPS) is 17.0. The van der Waals surface area contributed by atoms with E-state index in [9.17, 15) is 18.5 Å². The number of rotatable bonds is 4. The summed E-state index contributed by atoms with van der Waals surface area (Å²) in [6.07, 6.45) is 1.40. The average molecular weight is 315 g/mol. The first-order valence-corrected chi connectivity index (χ1v) is 8.05. The van der Waals surface area contributed by atoms with Crippen LogP contribution in [0.4, 0.5) is 11.4 Å². The predicted molar refractivity (Wildman–Crippen MR) is 76.5 cm³/mol. The van der Waals surface area contributed by atoms with Crippen molar-refractivity contribution in [2.24, 2.45) is 11.1 Å². The first-order valence-electron chi connectivity index (χ1n) is 6.50. The zero-order chi connectivity index (χ0) is 15.6. The number of benzene rings is 1. The minimum atomic E-state index is -4.16. The highest BCUT2D eigenvalue weighted by molar-refractivity contribution is 7.89. The second-order valence-electron chi connectivity index (χ2n) is 5.04. The van der Waals surface area contributed by atoms with Crippen molar-refractivity contribution in [3.05, 3.63) is 28.3 Å². The minimum absolute atomic E-state index is 0.0904. The molecule has 0 amide bonds. The van der Waals surface area contributed by atoms with Crippen molar-refractivity contribution in [2.75, 3.05) is 24.6 Å². The zero-order valence-corrected chi connectivity index (χ0v) is 12.1. The van der Waals surface area contributed by atoms with Crippen molar-refractivity contribution in [3.8, 4) is 0 Å². The maximum Gasteiger partial charge on any atom is 0.312 e. The van der Waals surface area contributed by atoms with Crippen LogP contribution in [-0.4, -0.2) is 38.1 Å². The van der Waals surface area contributed by atoms with Gasteiger partial charge in [0.25, 0.3) is 0 Å². The van der Waals surface area contributed by atoms with Crippen LogP contribution in [0, 0.1) is 16.0 Å². The molecule has 0 saturated carbocycles. The Kier molecular flexibility index (Phi) is 4.45. The van der Waals surface area contributed by atoms with Crippen molar-refractivity contribution in [3.63, 3.8) is 0 Å². The summed E-state index contributed by atoms with van der Waals surface area (Å²) in [7, 11) is -4.16. The van der Waals surface area contributed by atoms with Crippen LogP contribution in [0.3, 0.4) is 0 Å². The van der Waals surface area contributed by atoms with Crippen LogP contribution in [0.25, 0.3) is 0 Å². The van der Waals surface area contributed by atoms with Crippen molar-refractivity contribution < 1.29 is 18.4 Å². The van der Waals surface area contributed by atoms with Gasteiger partial charge < -0.3 is 10.0 Å². The third kappa shape index (κ3) is 3.31. The summed E-state index contributed by atoms with van der Waals surface area (Å²) in [6, 6.07) is 4.10. The predicted octanol–water partition coefficient (Wildman–Crippen LogP) is 0.451. The molecule has 1 heterocycles. The molecule has 8 nitrogen and oxygen atoms in total. The number of nitro benzene ring substituents is 1. The lowest BCUT2D eigenvalue weighted by Crippen LogP contribution is -2.35. The molecule has 9 heteroatoms. The summed E-state index contributed by atoms with van der Waals surface area (Å²) >= 11 is 0. The van der Waals surface area contributed by atoms with Crippen LogP contribution >= 0.6 is 0 Å². The Labute approximate surface area is 122 Å². The number of primary sulfonamides is 1. The highest BCUT2D eigenvalue weighted by Gasteiger charge is 2.30. The van der Waals surface area contributed by atoms with E-state index in [4.69, 9.17) is 10.2 Å². The molecule has 0 radical (unpaired) electrons. The van der Waals surface area contributed by atoms with Crippen molar-refractivity contribution >= 4 is 21.4 Å². The summed E-state index contributed by atoms with van der Waals surface area (Å²) in [4.78, 5) is 11.8. The summed E-state index contributed by atoms with van der Waals surface area (Å²) in [5.74, 6) is 0.182. The molecule has 0 aromatic heterocycles. The summed E-state index contributed by atoms with van der Waals surface area (Å²) in [5, 5.41) is 25.4. The van der Waals surface area contributed by atoms with Gasteiger partial charge in [0.1, 0.15) is 5.69 Å². The number of piperidine rings is 1. The van der Waals surface area contributed by atoms with Gasteiger partial charge in [-0.15, -0.1) is 0 Å². The minimum Gasteiger partial charge on any atom is -0.396 e. The van der Waals surface area contributed by atoms with E-state index in [2.05, 4.69) is 0 Å². The van der Waals surface area contributed by atoms with Gasteiger partial charge in [-0.3, -0.25) is 10.1 Å². The van der Waals surface area contributed by atoms with E-state index < -0.39 is 25.5 Å². The number of sulfonamides is 1. The quantitative estimate of drug-likeness (QED) is 0.613. The molecule has 0 atom stereocenters. The molecule has 21 heavy (non-hydrogen) atoms. The lowest BCUT2D eigenvalue weighted by Gasteiger charge is -2.32. The number of hydrogen-bond acceptors (Lipinski definition) is 6. The van der Waals surface area contributed by atoms with Gasteiger partial charge in [-0.25, -0.2) is 13.6 Å². The molecule has 0 aliphatic carbocycles. The number of para-hydroxylation sites is 1. The highest BCUT2D eigenvalue weighted by atomic mass is 32.2. The maximum atomic E-state index is 11.5. The fourth-order valence-electron chi connectivity index (χ4n) is 2.54. The molecule has 3 N–H and O–H groups in total. The van der Waals surface area contributed by atoms with E-state index in [-0.39, 0.29) is 18.2 Å². The largest absolute Gasteiger partial charge is 0.396 e. The lowest BCUT2D eigenvalue weighted by atomic mass is 9.97. The molecule has 1 aliphatic heterocycles. The van der Waals surface area contributed by atoms with E-state index in [0.717, 1.165) is 6.07 Å². The molecule has 1 aromatic rings. The van der Waals surface area contributed by atoms with Crippen LogP contribution < -0.4 is 10.0 Å². The topological polar surface area (TPSA) is 127 Å². The lowest BCUT2D eigenvalue weighted by molar-refractivity contribution is -0.387. The number of nitrogens with zero attached hydrogens (tertiary/aromatic N) is 2. The Bertz CT molecular complexity index is 638. The Balaban J connectivity index is 2.43. The van der Waals surface area contributed by atoms with Gasteiger partial charge >= 0.3 is 5.69 Å². The molecule has 1 aromatic carbocycles. The molecule has 0 unspecified atom stereocenters. The number of aliphatic hydroxyl groups is 1. The van der Waals surface area contributed by atoms with E-state index in [1.165, 1.54) is 12.1 Å². The summed E-state index contributed by atoms with van der Waals surface area (Å²) in [6.45, 7) is 1.15. The molecule has 1 fully saturated rings. The molecular weight excluding hydrogens is 298 g/mol. The van der Waals surface area contributed by atoms with Crippen LogP contribution in [0.1, 0.15) is 12.8 Å². The smallest absolute Gasteiger partial charge is 0.312 e. The monoisotopic (exact) mass is 315 g/mol. The van der Waals surface area contributed by atoms with Gasteiger partial charge in [0.05, 0.1) is 4.92 Å². The molecule has 0 spiro atoms. The number of aliphatic hydroxyl groups excluding tert-OH is 1. The first kappa shape index (κ1) is 15.7. The van der Waals surface area contributed by atoms with E-state index in [0.29, 0.717) is 25.9 Å². The molecule has 1 saturated heterocycles. The van der Waals surface area contributed by atoms with Gasteiger partial charge in [-0.05, 0) is 30.9 Å². The van der Waals surface area contributed by atoms with E-state index in [1.807, 2.05) is 0 Å². The van der Waals surface area contributed by atoms with Gasteiger partial charge in [-0.2, -0.15) is 0 Å². The molecule has 116 valence electrons. The standard InChI is InChI=1S/C12H17N3O5S/c13-21(19,20)11-3-1-2-10(12(11)15(17)18)14-6-4-9(8-16)5-7-14/h1-3,9,16H,4-8H2,(H2,13,19,20). The van der Waals surface area contributed by atoms with Crippen LogP contribution in [-0.2, 0) is 10.0 Å². The van der Waals surface area contributed by atoms with Crippen molar-refractivity contribution in [1.82, 2.24) is 0 Å². The fraction of sp³-hybridized carbons (Fsp3) is 0.500. The van der Waals surface area contributed by atoms with Crippen molar-refractivity contribution in [1.29, 1.82) is 0 Å². The van der Waals surface area contributed by atoms with Crippen LogP contribution in [0.5, 0.6) is 0 Å². The fourth-order valence-corrected chi connectivity index (χ4v) is 3.25. The molecule has 1 aliphatic rings. The summed E-state index contributed by atoms with van der Waals surface area (Å²) in [5.41, 5.74) is -0.231. The van der Waals surface area contributed by atoms with Gasteiger partial charge in [0.15, 0.2) is 4.90 Å². The Morgan fingerprint density at radius 1 is 1.38 bits per heavy atom.